The van der Waals surface area contributed by atoms with Crippen LogP contribution in [0.4, 0.5) is 0 Å². The lowest BCUT2D eigenvalue weighted by atomic mass is 10.1. The number of nitrogens with one attached hydrogen (secondary N) is 2. The molecule has 0 aliphatic rings. The molecule has 0 bridgehead atoms. The van der Waals surface area contributed by atoms with Gasteiger partial charge >= 0.3 is 0 Å². The number of aromatic nitrogens is 1. The van der Waals surface area contributed by atoms with Crippen molar-refractivity contribution in [3.05, 3.63) is 46.8 Å². The Morgan fingerprint density at radius 1 is 1.19 bits per heavy atom. The normalized spacial score (nSPS) is 11.0. The quantitative estimate of drug-likeness (QED) is 0.244. The summed E-state index contributed by atoms with van der Waals surface area (Å²) in [7, 11) is 1.77. The minimum absolute atomic E-state index is 0. The number of rotatable bonds is 9. The van der Waals surface area contributed by atoms with E-state index >= 15 is 0 Å². The first-order valence-electron chi connectivity index (χ1n) is 9.28. The number of aryl methyl sites for hydroxylation is 3. The maximum atomic E-state index is 5.81. The standard InChI is InChI=1S/C20H30N4O2.HI/c1-5-17-16(18(6-2)26-24-17)14-23-20(21-4)22-12-9-13-25-19-11-8-7-10-15(19)3;/h7-8,10-11H,5-6,9,12-14H2,1-4H3,(H2,21,22,23);1H. The minimum Gasteiger partial charge on any atom is -0.493 e. The molecule has 2 rings (SSSR count). The van der Waals surface area contributed by atoms with Crippen molar-refractivity contribution in [2.75, 3.05) is 20.2 Å². The van der Waals surface area contributed by atoms with E-state index in [9.17, 15) is 0 Å². The first-order valence-corrected chi connectivity index (χ1v) is 9.28. The molecule has 0 radical (unpaired) electrons. The highest BCUT2D eigenvalue weighted by Crippen LogP contribution is 2.16. The van der Waals surface area contributed by atoms with Crippen molar-refractivity contribution in [2.45, 2.75) is 46.6 Å². The van der Waals surface area contributed by atoms with Crippen LogP contribution in [0.1, 0.15) is 42.8 Å². The van der Waals surface area contributed by atoms with E-state index in [4.69, 9.17) is 9.26 Å². The predicted octanol–water partition coefficient (Wildman–Crippen LogP) is 3.86. The summed E-state index contributed by atoms with van der Waals surface area (Å²) < 4.78 is 11.2. The van der Waals surface area contributed by atoms with Gasteiger partial charge in [-0.1, -0.05) is 37.2 Å². The highest BCUT2D eigenvalue weighted by atomic mass is 127. The van der Waals surface area contributed by atoms with Crippen molar-refractivity contribution in [1.82, 2.24) is 15.8 Å². The number of guanidine groups is 1. The van der Waals surface area contributed by atoms with Crippen LogP contribution in [0.2, 0.25) is 0 Å². The topological polar surface area (TPSA) is 71.7 Å². The van der Waals surface area contributed by atoms with E-state index in [1.807, 2.05) is 18.2 Å². The molecule has 0 atom stereocenters. The molecule has 0 amide bonds. The van der Waals surface area contributed by atoms with Gasteiger partial charge in [0.1, 0.15) is 11.5 Å². The van der Waals surface area contributed by atoms with Gasteiger partial charge in [-0.3, -0.25) is 4.99 Å². The molecule has 0 saturated carbocycles. The lowest BCUT2D eigenvalue weighted by Gasteiger charge is -2.13. The van der Waals surface area contributed by atoms with E-state index < -0.39 is 0 Å². The molecule has 0 saturated heterocycles. The molecule has 0 aliphatic carbocycles. The monoisotopic (exact) mass is 486 g/mol. The van der Waals surface area contributed by atoms with E-state index in [0.29, 0.717) is 13.2 Å². The van der Waals surface area contributed by atoms with Crippen molar-refractivity contribution in [3.63, 3.8) is 0 Å². The van der Waals surface area contributed by atoms with Crippen LogP contribution in [-0.4, -0.2) is 31.3 Å². The number of para-hydroxylation sites is 1. The fourth-order valence-corrected chi connectivity index (χ4v) is 2.71. The Kier molecular flexibility index (Phi) is 10.8. The number of benzene rings is 1. The van der Waals surface area contributed by atoms with Gasteiger partial charge in [0.05, 0.1) is 12.3 Å². The Morgan fingerprint density at radius 3 is 2.63 bits per heavy atom. The average molecular weight is 486 g/mol. The average Bonchev–Trinajstić information content (AvgIpc) is 3.07. The van der Waals surface area contributed by atoms with Gasteiger partial charge in [-0.2, -0.15) is 0 Å². The van der Waals surface area contributed by atoms with E-state index in [0.717, 1.165) is 60.1 Å². The number of halogens is 1. The molecule has 1 aromatic heterocycles. The van der Waals surface area contributed by atoms with Gasteiger partial charge in [-0.05, 0) is 31.4 Å². The third-order valence-electron chi connectivity index (χ3n) is 4.23. The lowest BCUT2D eigenvalue weighted by Crippen LogP contribution is -2.38. The molecule has 150 valence electrons. The highest BCUT2D eigenvalue weighted by Gasteiger charge is 2.13. The first-order chi connectivity index (χ1) is 12.7. The molecule has 1 heterocycles. The summed E-state index contributed by atoms with van der Waals surface area (Å²) in [6.07, 6.45) is 2.60. The van der Waals surface area contributed by atoms with Crippen molar-refractivity contribution in [2.24, 2.45) is 4.99 Å². The van der Waals surface area contributed by atoms with Crippen LogP contribution >= 0.6 is 24.0 Å². The van der Waals surface area contributed by atoms with Gasteiger partial charge in [0.2, 0.25) is 0 Å². The van der Waals surface area contributed by atoms with Crippen LogP contribution in [0.3, 0.4) is 0 Å². The van der Waals surface area contributed by atoms with E-state index in [1.54, 1.807) is 7.05 Å². The van der Waals surface area contributed by atoms with Gasteiger partial charge in [0.15, 0.2) is 5.96 Å². The molecule has 0 fully saturated rings. The Bertz CT molecular complexity index is 694. The molecular formula is C20H31IN4O2. The van der Waals surface area contributed by atoms with Crippen LogP contribution < -0.4 is 15.4 Å². The molecule has 6 nitrogen and oxygen atoms in total. The Hall–Kier alpha value is -1.77. The van der Waals surface area contributed by atoms with Crippen LogP contribution in [-0.2, 0) is 19.4 Å². The largest absolute Gasteiger partial charge is 0.493 e. The minimum atomic E-state index is 0. The molecule has 7 heteroatoms. The van der Waals surface area contributed by atoms with Crippen LogP contribution in [0.5, 0.6) is 5.75 Å². The first kappa shape index (κ1) is 23.3. The number of aliphatic imine (C=N–C) groups is 1. The Balaban J connectivity index is 0.00000364. The fourth-order valence-electron chi connectivity index (χ4n) is 2.71. The zero-order valence-electron chi connectivity index (χ0n) is 16.7. The lowest BCUT2D eigenvalue weighted by molar-refractivity contribution is 0.309. The summed E-state index contributed by atoms with van der Waals surface area (Å²) in [4.78, 5) is 4.27. The zero-order chi connectivity index (χ0) is 18.8. The van der Waals surface area contributed by atoms with Gasteiger partial charge < -0.3 is 19.9 Å². The van der Waals surface area contributed by atoms with Gasteiger partial charge in [0.25, 0.3) is 0 Å². The van der Waals surface area contributed by atoms with Gasteiger partial charge in [-0.25, -0.2) is 0 Å². The van der Waals surface area contributed by atoms with Gasteiger partial charge in [-0.15, -0.1) is 24.0 Å². The van der Waals surface area contributed by atoms with Crippen molar-refractivity contribution in [1.29, 1.82) is 0 Å². The zero-order valence-corrected chi connectivity index (χ0v) is 19.0. The van der Waals surface area contributed by atoms with E-state index in [-0.39, 0.29) is 24.0 Å². The molecular weight excluding hydrogens is 455 g/mol. The summed E-state index contributed by atoms with van der Waals surface area (Å²) in [6.45, 7) is 8.33. The molecule has 1 aromatic carbocycles. The van der Waals surface area contributed by atoms with Crippen molar-refractivity contribution < 1.29 is 9.26 Å². The summed E-state index contributed by atoms with van der Waals surface area (Å²) in [6, 6.07) is 8.06. The summed E-state index contributed by atoms with van der Waals surface area (Å²) in [5.41, 5.74) is 3.31. The number of hydrogen-bond acceptors (Lipinski definition) is 4. The fraction of sp³-hybridized carbons (Fsp3) is 0.500. The van der Waals surface area contributed by atoms with Crippen molar-refractivity contribution in [3.8, 4) is 5.75 Å². The SMILES string of the molecule is CCc1noc(CC)c1CNC(=NC)NCCCOc1ccccc1C.I. The van der Waals surface area contributed by atoms with Gasteiger partial charge in [0, 0.05) is 32.1 Å². The molecule has 0 unspecified atom stereocenters. The van der Waals surface area contributed by atoms with Crippen LogP contribution in [0.25, 0.3) is 0 Å². The summed E-state index contributed by atoms with van der Waals surface area (Å²) in [5.74, 6) is 2.66. The third kappa shape index (κ3) is 7.04. The van der Waals surface area contributed by atoms with Crippen LogP contribution in [0.15, 0.2) is 33.8 Å². The second-order valence-corrected chi connectivity index (χ2v) is 6.06. The number of ether oxygens (including phenoxy) is 1. The van der Waals surface area contributed by atoms with E-state index in [2.05, 4.69) is 47.6 Å². The maximum absolute atomic E-state index is 5.81. The predicted molar refractivity (Wildman–Crippen MR) is 120 cm³/mol. The smallest absolute Gasteiger partial charge is 0.191 e. The maximum Gasteiger partial charge on any atom is 0.191 e. The second kappa shape index (κ2) is 12.6. The van der Waals surface area contributed by atoms with Crippen LogP contribution in [0, 0.1) is 6.92 Å². The molecule has 0 spiro atoms. The van der Waals surface area contributed by atoms with E-state index in [1.165, 1.54) is 0 Å². The summed E-state index contributed by atoms with van der Waals surface area (Å²) >= 11 is 0. The number of nitrogens with zero attached hydrogens (tertiary/aromatic N) is 2. The van der Waals surface area contributed by atoms with Crippen molar-refractivity contribution >= 4 is 29.9 Å². The summed E-state index contributed by atoms with van der Waals surface area (Å²) in [5, 5.41) is 10.8. The molecule has 2 N–H and O–H groups in total. The molecule has 27 heavy (non-hydrogen) atoms. The molecule has 2 aromatic rings. The second-order valence-electron chi connectivity index (χ2n) is 6.06. The number of hydrogen-bond donors (Lipinski definition) is 2. The molecule has 0 aliphatic heterocycles. The Labute approximate surface area is 179 Å². The Morgan fingerprint density at radius 2 is 1.96 bits per heavy atom. The highest BCUT2D eigenvalue weighted by molar-refractivity contribution is 14.0. The third-order valence-corrected chi connectivity index (χ3v) is 4.23.